The topological polar surface area (TPSA) is 102 Å². The van der Waals surface area contributed by atoms with Crippen LogP contribution in [0.4, 0.5) is 5.82 Å². The number of anilines is 1. The van der Waals surface area contributed by atoms with Crippen molar-refractivity contribution in [1.29, 1.82) is 0 Å². The van der Waals surface area contributed by atoms with Crippen molar-refractivity contribution in [1.82, 2.24) is 9.97 Å². The van der Waals surface area contributed by atoms with Crippen LogP contribution in [0, 0.1) is 5.92 Å². The third-order valence-electron chi connectivity index (χ3n) is 4.00. The lowest BCUT2D eigenvalue weighted by Crippen LogP contribution is -2.69. The Hall–Kier alpha value is -1.60. The molecule has 7 nitrogen and oxygen atoms in total. The van der Waals surface area contributed by atoms with E-state index in [4.69, 9.17) is 15.2 Å². The Morgan fingerprint density at radius 3 is 3.26 bits per heavy atom. The molecule has 0 radical (unpaired) electrons. The molecule has 2 fully saturated rings. The number of methoxy groups -OCH3 is 1. The quantitative estimate of drug-likeness (QED) is 0.694. The van der Waals surface area contributed by atoms with Gasteiger partial charge in [0.15, 0.2) is 5.82 Å². The van der Waals surface area contributed by atoms with E-state index in [-0.39, 0.29) is 29.5 Å². The van der Waals surface area contributed by atoms with Gasteiger partial charge in [0.1, 0.15) is 0 Å². The molecule has 0 bridgehead atoms. The minimum absolute atomic E-state index is 0.0199. The first-order valence-electron chi connectivity index (χ1n) is 6.47. The third-order valence-corrected chi connectivity index (χ3v) is 4.00. The van der Waals surface area contributed by atoms with Crippen molar-refractivity contribution >= 4 is 5.82 Å². The van der Waals surface area contributed by atoms with E-state index in [0.29, 0.717) is 11.7 Å². The van der Waals surface area contributed by atoms with Crippen LogP contribution < -0.4 is 21.3 Å². The van der Waals surface area contributed by atoms with E-state index in [0.717, 1.165) is 19.4 Å². The summed E-state index contributed by atoms with van der Waals surface area (Å²) in [5, 5.41) is 3.18. The first-order chi connectivity index (χ1) is 9.22. The van der Waals surface area contributed by atoms with Gasteiger partial charge in [0.25, 0.3) is 5.56 Å². The van der Waals surface area contributed by atoms with E-state index in [1.807, 2.05) is 0 Å². The van der Waals surface area contributed by atoms with Gasteiger partial charge in [-0.3, -0.25) is 4.79 Å². The van der Waals surface area contributed by atoms with Gasteiger partial charge >= 0.3 is 0 Å². The van der Waals surface area contributed by atoms with Crippen molar-refractivity contribution in [3.05, 3.63) is 16.7 Å². The van der Waals surface area contributed by atoms with Crippen molar-refractivity contribution in [2.75, 3.05) is 19.0 Å². The number of nitrogens with two attached hydrogens (primary N) is 1. The molecule has 104 valence electrons. The van der Waals surface area contributed by atoms with Crippen molar-refractivity contribution in [3.63, 3.8) is 0 Å². The van der Waals surface area contributed by atoms with Gasteiger partial charge in [-0.15, -0.1) is 0 Å². The van der Waals surface area contributed by atoms with Gasteiger partial charge in [-0.05, 0) is 12.8 Å². The number of nitrogens with zero attached hydrogens (tertiary/aromatic N) is 1. The number of nitrogens with one attached hydrogen (secondary N) is 2. The highest BCUT2D eigenvalue weighted by Crippen LogP contribution is 2.38. The van der Waals surface area contributed by atoms with E-state index >= 15 is 0 Å². The van der Waals surface area contributed by atoms with Crippen LogP contribution in [-0.4, -0.2) is 41.9 Å². The minimum atomic E-state index is -0.311. The van der Waals surface area contributed by atoms with Crippen LogP contribution in [-0.2, 0) is 4.74 Å². The van der Waals surface area contributed by atoms with Crippen LogP contribution in [0.3, 0.4) is 0 Å². The Balaban J connectivity index is 1.79. The summed E-state index contributed by atoms with van der Waals surface area (Å²) >= 11 is 0. The first kappa shape index (κ1) is 12.4. The molecular weight excluding hydrogens is 248 g/mol. The number of rotatable bonds is 3. The van der Waals surface area contributed by atoms with E-state index in [1.165, 1.54) is 13.4 Å². The SMILES string of the molecule is COc1c(NC2C(N)C3CCCOC32)nc[nH]c1=O. The Labute approximate surface area is 110 Å². The van der Waals surface area contributed by atoms with Crippen LogP contribution in [0.1, 0.15) is 12.8 Å². The molecule has 1 saturated heterocycles. The molecule has 1 aromatic heterocycles. The van der Waals surface area contributed by atoms with Gasteiger partial charge in [-0.25, -0.2) is 4.98 Å². The van der Waals surface area contributed by atoms with Gasteiger partial charge < -0.3 is 25.5 Å². The van der Waals surface area contributed by atoms with E-state index in [9.17, 15) is 4.79 Å². The average Bonchev–Trinajstić information content (AvgIpc) is 2.44. The predicted octanol–water partition coefficient (Wildman–Crippen LogP) is -0.305. The fraction of sp³-hybridized carbons (Fsp3) is 0.667. The maximum atomic E-state index is 11.6. The highest BCUT2D eigenvalue weighted by molar-refractivity contribution is 5.50. The largest absolute Gasteiger partial charge is 0.489 e. The van der Waals surface area contributed by atoms with Crippen molar-refractivity contribution < 1.29 is 9.47 Å². The molecule has 1 aromatic rings. The average molecular weight is 266 g/mol. The summed E-state index contributed by atoms with van der Waals surface area (Å²) < 4.78 is 10.8. The van der Waals surface area contributed by atoms with Crippen molar-refractivity contribution in [3.8, 4) is 5.75 Å². The zero-order valence-corrected chi connectivity index (χ0v) is 10.8. The molecule has 0 spiro atoms. The molecule has 1 aliphatic carbocycles. The lowest BCUT2D eigenvalue weighted by Gasteiger charge is -2.52. The molecule has 1 aliphatic heterocycles. The molecule has 4 unspecified atom stereocenters. The summed E-state index contributed by atoms with van der Waals surface area (Å²) in [6, 6.07) is 0.00425. The zero-order chi connectivity index (χ0) is 13.4. The molecule has 0 amide bonds. The Kier molecular flexibility index (Phi) is 3.16. The first-order valence-corrected chi connectivity index (χ1v) is 6.47. The summed E-state index contributed by atoms with van der Waals surface area (Å²) in [7, 11) is 1.44. The number of aromatic nitrogens is 2. The third kappa shape index (κ3) is 1.98. The molecular formula is C12H18N4O3. The van der Waals surface area contributed by atoms with E-state index in [2.05, 4.69) is 15.3 Å². The molecule has 2 aliphatic rings. The maximum absolute atomic E-state index is 11.6. The summed E-state index contributed by atoms with van der Waals surface area (Å²) in [6.45, 7) is 0.770. The van der Waals surface area contributed by atoms with Crippen molar-refractivity contribution in [2.45, 2.75) is 31.0 Å². The Morgan fingerprint density at radius 2 is 2.47 bits per heavy atom. The highest BCUT2D eigenvalue weighted by atomic mass is 16.5. The molecule has 0 aromatic carbocycles. The number of hydrogen-bond donors (Lipinski definition) is 3. The zero-order valence-electron chi connectivity index (χ0n) is 10.8. The number of aromatic amines is 1. The van der Waals surface area contributed by atoms with Crippen LogP contribution in [0.15, 0.2) is 11.1 Å². The lowest BCUT2D eigenvalue weighted by molar-refractivity contribution is -0.104. The lowest BCUT2D eigenvalue weighted by atomic mass is 9.68. The van der Waals surface area contributed by atoms with Gasteiger partial charge in [0.2, 0.25) is 5.75 Å². The molecule has 19 heavy (non-hydrogen) atoms. The number of ether oxygens (including phenoxy) is 2. The van der Waals surface area contributed by atoms with Gasteiger partial charge in [0.05, 0.1) is 25.6 Å². The van der Waals surface area contributed by atoms with Crippen molar-refractivity contribution in [2.24, 2.45) is 11.7 Å². The smallest absolute Gasteiger partial charge is 0.295 e. The normalized spacial score (nSPS) is 33.2. The molecule has 7 heteroatoms. The molecule has 1 saturated carbocycles. The summed E-state index contributed by atoms with van der Waals surface area (Å²) in [5.41, 5.74) is 5.85. The summed E-state index contributed by atoms with van der Waals surface area (Å²) in [4.78, 5) is 18.2. The second kappa shape index (κ2) is 4.82. The van der Waals surface area contributed by atoms with Crippen LogP contribution in [0.2, 0.25) is 0 Å². The fourth-order valence-corrected chi connectivity index (χ4v) is 2.96. The molecule has 4 atom stereocenters. The standard InChI is InChI=1S/C12H18N4O3/c1-18-10-11(14-5-15-12(10)17)16-8-7(13)6-3-2-4-19-9(6)8/h5-9H,2-4,13H2,1H3,(H2,14,15,16,17). The Bertz CT molecular complexity index is 518. The fourth-order valence-electron chi connectivity index (χ4n) is 2.96. The molecule has 3 rings (SSSR count). The summed E-state index contributed by atoms with van der Waals surface area (Å²) in [5.74, 6) is 0.993. The van der Waals surface area contributed by atoms with Gasteiger partial charge in [-0.2, -0.15) is 0 Å². The van der Waals surface area contributed by atoms with Crippen LogP contribution in [0.25, 0.3) is 0 Å². The monoisotopic (exact) mass is 266 g/mol. The van der Waals surface area contributed by atoms with E-state index < -0.39 is 0 Å². The van der Waals surface area contributed by atoms with Crippen LogP contribution >= 0.6 is 0 Å². The highest BCUT2D eigenvalue weighted by Gasteiger charge is 2.50. The molecule has 4 N–H and O–H groups in total. The minimum Gasteiger partial charge on any atom is -0.489 e. The second-order valence-corrected chi connectivity index (χ2v) is 5.00. The number of H-pyrrole nitrogens is 1. The predicted molar refractivity (Wildman–Crippen MR) is 69.3 cm³/mol. The number of hydrogen-bond acceptors (Lipinski definition) is 6. The molecule has 2 heterocycles. The van der Waals surface area contributed by atoms with Gasteiger partial charge in [-0.1, -0.05) is 0 Å². The van der Waals surface area contributed by atoms with E-state index in [1.54, 1.807) is 0 Å². The Morgan fingerprint density at radius 1 is 1.63 bits per heavy atom. The second-order valence-electron chi connectivity index (χ2n) is 5.00. The van der Waals surface area contributed by atoms with Gasteiger partial charge in [0, 0.05) is 18.6 Å². The summed E-state index contributed by atoms with van der Waals surface area (Å²) in [6.07, 6.45) is 3.61. The maximum Gasteiger partial charge on any atom is 0.295 e. The number of fused-ring (bicyclic) bond motifs is 1. The van der Waals surface area contributed by atoms with Crippen LogP contribution in [0.5, 0.6) is 5.75 Å².